The molecule has 1 amide bonds. The van der Waals surface area contributed by atoms with Crippen molar-refractivity contribution in [2.45, 2.75) is 6.42 Å². The zero-order chi connectivity index (χ0) is 12.9. The van der Waals surface area contributed by atoms with Crippen LogP contribution in [0.4, 0.5) is 0 Å². The lowest BCUT2D eigenvalue weighted by molar-refractivity contribution is -0.120. The minimum Gasteiger partial charge on any atom is -0.355 e. The lowest BCUT2D eigenvalue weighted by atomic mass is 10.1. The van der Waals surface area contributed by atoms with Crippen LogP contribution in [0.5, 0.6) is 0 Å². The molecule has 1 aromatic carbocycles. The van der Waals surface area contributed by atoms with E-state index in [9.17, 15) is 13.2 Å². The van der Waals surface area contributed by atoms with Crippen LogP contribution in [0.15, 0.2) is 24.3 Å². The number of carbonyl (C=O) groups excluding carboxylic acids is 1. The second-order valence-electron chi connectivity index (χ2n) is 3.44. The fourth-order valence-electron chi connectivity index (χ4n) is 1.17. The van der Waals surface area contributed by atoms with Crippen molar-refractivity contribution in [1.82, 2.24) is 5.32 Å². The normalized spacial score (nSPS) is 11.2. The molecule has 0 aliphatic rings. The summed E-state index contributed by atoms with van der Waals surface area (Å²) < 4.78 is 29.3. The maximum atomic E-state index is 11.4. The SMILES string of the molecule is O=C(Cc1ccc(Cl)cc1)NCCS(=O)(=O)O. The standard InChI is InChI=1S/C10H12ClNO4S/c11-9-3-1-8(2-4-9)7-10(13)12-5-6-17(14,15)16/h1-4H,5-7H2,(H,12,13)(H,14,15,16). The van der Waals surface area contributed by atoms with E-state index in [1.807, 2.05) is 0 Å². The molecule has 0 aromatic heterocycles. The molecule has 0 atom stereocenters. The lowest BCUT2D eigenvalue weighted by Crippen LogP contribution is -2.30. The van der Waals surface area contributed by atoms with Crippen LogP contribution in [0, 0.1) is 0 Å². The van der Waals surface area contributed by atoms with Crippen LogP contribution in [0.1, 0.15) is 5.56 Å². The van der Waals surface area contributed by atoms with E-state index in [-0.39, 0.29) is 18.9 Å². The van der Waals surface area contributed by atoms with Gasteiger partial charge in [0.05, 0.1) is 12.2 Å². The Hall–Kier alpha value is -1.11. The molecular weight excluding hydrogens is 266 g/mol. The molecule has 1 aromatic rings. The van der Waals surface area contributed by atoms with Crippen molar-refractivity contribution in [2.24, 2.45) is 0 Å². The molecule has 0 unspecified atom stereocenters. The van der Waals surface area contributed by atoms with Crippen LogP contribution in [-0.2, 0) is 21.3 Å². The summed E-state index contributed by atoms with van der Waals surface area (Å²) in [6.07, 6.45) is 0.142. The molecule has 7 heteroatoms. The van der Waals surface area contributed by atoms with E-state index in [0.29, 0.717) is 5.02 Å². The highest BCUT2D eigenvalue weighted by Gasteiger charge is 2.07. The first-order chi connectivity index (χ1) is 7.87. The number of benzene rings is 1. The van der Waals surface area contributed by atoms with Crippen molar-refractivity contribution in [3.05, 3.63) is 34.9 Å². The van der Waals surface area contributed by atoms with Gasteiger partial charge in [0.15, 0.2) is 0 Å². The third kappa shape index (κ3) is 6.25. The molecule has 0 fully saturated rings. The molecule has 0 radical (unpaired) electrons. The Kier molecular flexibility index (Phi) is 4.92. The molecule has 1 rings (SSSR count). The summed E-state index contributed by atoms with van der Waals surface area (Å²) in [7, 11) is -4.03. The predicted octanol–water partition coefficient (Wildman–Crippen LogP) is 0.887. The van der Waals surface area contributed by atoms with Gasteiger partial charge in [-0.3, -0.25) is 9.35 Å². The molecule has 0 saturated heterocycles. The summed E-state index contributed by atoms with van der Waals surface area (Å²) in [6, 6.07) is 6.76. The topological polar surface area (TPSA) is 83.5 Å². The monoisotopic (exact) mass is 277 g/mol. The second kappa shape index (κ2) is 6.00. The van der Waals surface area contributed by atoms with Crippen molar-refractivity contribution in [2.75, 3.05) is 12.3 Å². The number of nitrogens with one attached hydrogen (secondary N) is 1. The largest absolute Gasteiger partial charge is 0.355 e. The molecule has 0 saturated carbocycles. The lowest BCUT2D eigenvalue weighted by Gasteiger charge is -2.04. The van der Waals surface area contributed by atoms with Gasteiger partial charge in [-0.2, -0.15) is 8.42 Å². The van der Waals surface area contributed by atoms with Crippen molar-refractivity contribution >= 4 is 27.6 Å². The van der Waals surface area contributed by atoms with Crippen molar-refractivity contribution in [3.8, 4) is 0 Å². The predicted molar refractivity (Wildman–Crippen MR) is 64.6 cm³/mol. The summed E-state index contributed by atoms with van der Waals surface area (Å²) >= 11 is 5.69. The third-order valence-electron chi connectivity index (χ3n) is 1.96. The Morgan fingerprint density at radius 2 is 1.88 bits per heavy atom. The van der Waals surface area contributed by atoms with Crippen LogP contribution in [0.25, 0.3) is 0 Å². The molecule has 17 heavy (non-hydrogen) atoms. The van der Waals surface area contributed by atoms with Crippen molar-refractivity contribution in [1.29, 1.82) is 0 Å². The van der Waals surface area contributed by atoms with Crippen molar-refractivity contribution in [3.63, 3.8) is 0 Å². The van der Waals surface area contributed by atoms with Gasteiger partial charge in [0, 0.05) is 11.6 Å². The first-order valence-corrected chi connectivity index (χ1v) is 6.82. The first-order valence-electron chi connectivity index (χ1n) is 4.83. The van der Waals surface area contributed by atoms with Crippen LogP contribution in [-0.4, -0.2) is 31.2 Å². The van der Waals surface area contributed by atoms with E-state index in [2.05, 4.69) is 5.32 Å². The van der Waals surface area contributed by atoms with E-state index in [1.54, 1.807) is 24.3 Å². The van der Waals surface area contributed by atoms with Gasteiger partial charge in [-0.05, 0) is 17.7 Å². The van der Waals surface area contributed by atoms with Crippen LogP contribution >= 0.6 is 11.6 Å². The zero-order valence-electron chi connectivity index (χ0n) is 8.89. The smallest absolute Gasteiger partial charge is 0.266 e. The van der Waals surface area contributed by atoms with Crippen LogP contribution in [0.3, 0.4) is 0 Å². The van der Waals surface area contributed by atoms with Gasteiger partial charge < -0.3 is 5.32 Å². The molecule has 0 aliphatic heterocycles. The Labute approximate surface area is 105 Å². The van der Waals surface area contributed by atoms with Gasteiger partial charge in [0.25, 0.3) is 10.1 Å². The number of halogens is 1. The van der Waals surface area contributed by atoms with Crippen molar-refractivity contribution < 1.29 is 17.8 Å². The van der Waals surface area contributed by atoms with E-state index in [4.69, 9.17) is 16.2 Å². The third-order valence-corrected chi connectivity index (χ3v) is 2.93. The number of hydrogen-bond donors (Lipinski definition) is 2. The van der Waals surface area contributed by atoms with Gasteiger partial charge in [-0.25, -0.2) is 0 Å². The maximum Gasteiger partial charge on any atom is 0.266 e. The minimum atomic E-state index is -4.03. The summed E-state index contributed by atoms with van der Waals surface area (Å²) in [5.74, 6) is -0.796. The Morgan fingerprint density at radius 1 is 1.29 bits per heavy atom. The Balaban J connectivity index is 2.37. The molecule has 0 spiro atoms. The highest BCUT2D eigenvalue weighted by atomic mass is 35.5. The minimum absolute atomic E-state index is 0.106. The van der Waals surface area contributed by atoms with E-state index >= 15 is 0 Å². The van der Waals surface area contributed by atoms with E-state index < -0.39 is 15.9 Å². The fraction of sp³-hybridized carbons (Fsp3) is 0.300. The van der Waals surface area contributed by atoms with Gasteiger partial charge in [-0.1, -0.05) is 23.7 Å². The summed E-state index contributed by atoms with van der Waals surface area (Å²) in [6.45, 7) is -0.106. The molecule has 0 heterocycles. The maximum absolute atomic E-state index is 11.4. The van der Waals surface area contributed by atoms with Gasteiger partial charge in [-0.15, -0.1) is 0 Å². The Morgan fingerprint density at radius 3 is 2.41 bits per heavy atom. The summed E-state index contributed by atoms with van der Waals surface area (Å²) in [5, 5.41) is 2.98. The van der Waals surface area contributed by atoms with Gasteiger partial charge in [0.2, 0.25) is 5.91 Å². The fourth-order valence-corrected chi connectivity index (χ4v) is 1.66. The second-order valence-corrected chi connectivity index (χ2v) is 5.45. The molecule has 94 valence electrons. The number of amides is 1. The summed E-state index contributed by atoms with van der Waals surface area (Å²) in [5.41, 5.74) is 0.777. The average Bonchev–Trinajstić information content (AvgIpc) is 2.19. The number of carbonyl (C=O) groups is 1. The zero-order valence-corrected chi connectivity index (χ0v) is 10.5. The quantitative estimate of drug-likeness (QED) is 0.783. The average molecular weight is 278 g/mol. The van der Waals surface area contributed by atoms with Crippen LogP contribution in [0.2, 0.25) is 5.02 Å². The Bertz CT molecular complexity index is 484. The highest BCUT2D eigenvalue weighted by Crippen LogP contribution is 2.09. The van der Waals surface area contributed by atoms with Crippen LogP contribution < -0.4 is 5.32 Å². The number of rotatable bonds is 5. The molecular formula is C10H12ClNO4S. The molecule has 0 bridgehead atoms. The number of hydrogen-bond acceptors (Lipinski definition) is 3. The molecule has 2 N–H and O–H groups in total. The highest BCUT2D eigenvalue weighted by molar-refractivity contribution is 7.85. The summed E-state index contributed by atoms with van der Waals surface area (Å²) in [4.78, 5) is 11.4. The van der Waals surface area contributed by atoms with E-state index in [0.717, 1.165) is 5.56 Å². The molecule has 5 nitrogen and oxygen atoms in total. The van der Waals surface area contributed by atoms with E-state index in [1.165, 1.54) is 0 Å². The van der Waals surface area contributed by atoms with Gasteiger partial charge >= 0.3 is 0 Å². The molecule has 0 aliphatic carbocycles. The van der Waals surface area contributed by atoms with Gasteiger partial charge in [0.1, 0.15) is 0 Å². The first kappa shape index (κ1) is 14.0.